The molecule has 0 saturated carbocycles. The molecular formula is C11H14N2O3S. The number of rotatable bonds is 4. The zero-order valence-corrected chi connectivity index (χ0v) is 10.4. The highest BCUT2D eigenvalue weighted by molar-refractivity contribution is 7.09. The molecule has 2 rings (SSSR count). The van der Waals surface area contributed by atoms with Gasteiger partial charge in [0.15, 0.2) is 0 Å². The van der Waals surface area contributed by atoms with Crippen molar-refractivity contribution in [3.63, 3.8) is 0 Å². The minimum atomic E-state index is -0.794. The second-order valence-corrected chi connectivity index (χ2v) is 5.36. The van der Waals surface area contributed by atoms with Gasteiger partial charge < -0.3 is 10.0 Å². The van der Waals surface area contributed by atoms with Crippen LogP contribution in [0.1, 0.15) is 17.1 Å². The Hall–Kier alpha value is -1.43. The lowest BCUT2D eigenvalue weighted by atomic mass is 9.96. The van der Waals surface area contributed by atoms with E-state index in [2.05, 4.69) is 4.98 Å². The molecule has 0 radical (unpaired) electrons. The maximum atomic E-state index is 11.8. The average Bonchev–Trinajstić information content (AvgIpc) is 2.56. The quantitative estimate of drug-likeness (QED) is 0.867. The highest BCUT2D eigenvalue weighted by Gasteiger charge is 2.31. The predicted octanol–water partition coefficient (Wildman–Crippen LogP) is 0.927. The number of hydrogen-bond acceptors (Lipinski definition) is 4. The topological polar surface area (TPSA) is 70.5 Å². The minimum Gasteiger partial charge on any atom is -0.481 e. The van der Waals surface area contributed by atoms with Crippen molar-refractivity contribution in [2.24, 2.45) is 5.92 Å². The molecule has 92 valence electrons. The summed E-state index contributed by atoms with van der Waals surface area (Å²) in [5, 5.41) is 11.4. The normalized spacial score (nSPS) is 15.7. The van der Waals surface area contributed by atoms with Crippen molar-refractivity contribution in [1.82, 2.24) is 9.88 Å². The van der Waals surface area contributed by atoms with Crippen LogP contribution in [-0.2, 0) is 16.0 Å². The first kappa shape index (κ1) is 12.0. The standard InChI is InChI=1S/C11H14N2O3S/c1-7-12-9(6-17-7)3-10(14)13-4-8(5-13)2-11(15)16/h6,8H,2-5H2,1H3,(H,15,16). The number of carboxylic acids is 1. The van der Waals surface area contributed by atoms with Crippen molar-refractivity contribution >= 4 is 23.2 Å². The van der Waals surface area contributed by atoms with Crippen LogP contribution >= 0.6 is 11.3 Å². The van der Waals surface area contributed by atoms with Crippen LogP contribution in [0.15, 0.2) is 5.38 Å². The van der Waals surface area contributed by atoms with E-state index in [1.165, 1.54) is 11.3 Å². The largest absolute Gasteiger partial charge is 0.481 e. The fourth-order valence-electron chi connectivity index (χ4n) is 1.91. The Morgan fingerprint density at radius 1 is 1.59 bits per heavy atom. The van der Waals surface area contributed by atoms with Gasteiger partial charge in [0.2, 0.25) is 5.91 Å². The van der Waals surface area contributed by atoms with Gasteiger partial charge in [0.1, 0.15) is 0 Å². The molecular weight excluding hydrogens is 240 g/mol. The van der Waals surface area contributed by atoms with Crippen molar-refractivity contribution in [3.05, 3.63) is 16.1 Å². The Morgan fingerprint density at radius 2 is 2.29 bits per heavy atom. The zero-order chi connectivity index (χ0) is 12.4. The lowest BCUT2D eigenvalue weighted by Gasteiger charge is -2.38. The minimum absolute atomic E-state index is 0.0388. The van der Waals surface area contributed by atoms with Crippen molar-refractivity contribution < 1.29 is 14.7 Å². The van der Waals surface area contributed by atoms with E-state index in [0.717, 1.165) is 10.7 Å². The smallest absolute Gasteiger partial charge is 0.303 e. The third-order valence-corrected chi connectivity index (χ3v) is 3.59. The fraction of sp³-hybridized carbons (Fsp3) is 0.545. The number of aliphatic carboxylic acids is 1. The molecule has 1 amide bonds. The third-order valence-electron chi connectivity index (χ3n) is 2.77. The maximum absolute atomic E-state index is 11.8. The van der Waals surface area contributed by atoms with E-state index in [1.54, 1.807) is 4.90 Å². The average molecular weight is 254 g/mol. The summed E-state index contributed by atoms with van der Waals surface area (Å²) in [5.41, 5.74) is 0.805. The third kappa shape index (κ3) is 3.03. The van der Waals surface area contributed by atoms with Crippen LogP contribution in [0.4, 0.5) is 0 Å². The van der Waals surface area contributed by atoms with Crippen LogP contribution in [-0.4, -0.2) is 40.0 Å². The Balaban J connectivity index is 1.78. The van der Waals surface area contributed by atoms with Crippen LogP contribution in [0.2, 0.25) is 0 Å². The molecule has 1 aliphatic rings. The summed E-state index contributed by atoms with van der Waals surface area (Å²) in [4.78, 5) is 28.2. The Kier molecular flexibility index (Phi) is 3.42. The van der Waals surface area contributed by atoms with Crippen molar-refractivity contribution in [2.75, 3.05) is 13.1 Å². The molecule has 2 heterocycles. The molecule has 0 aliphatic carbocycles. The molecule has 0 bridgehead atoms. The lowest BCUT2D eigenvalue weighted by molar-refractivity contribution is -0.144. The van der Waals surface area contributed by atoms with E-state index >= 15 is 0 Å². The summed E-state index contributed by atoms with van der Waals surface area (Å²) in [7, 11) is 0. The summed E-state index contributed by atoms with van der Waals surface area (Å²) in [6.07, 6.45) is 0.476. The van der Waals surface area contributed by atoms with Crippen LogP contribution in [0.5, 0.6) is 0 Å². The van der Waals surface area contributed by atoms with Gasteiger partial charge in [-0.15, -0.1) is 11.3 Å². The van der Waals surface area contributed by atoms with Crippen LogP contribution in [0, 0.1) is 12.8 Å². The van der Waals surface area contributed by atoms with Gasteiger partial charge in [-0.2, -0.15) is 0 Å². The summed E-state index contributed by atoms with van der Waals surface area (Å²) in [5.74, 6) is -0.636. The predicted molar refractivity (Wildman–Crippen MR) is 62.9 cm³/mol. The van der Waals surface area contributed by atoms with Gasteiger partial charge in [0.05, 0.1) is 23.5 Å². The van der Waals surface area contributed by atoms with Crippen LogP contribution in [0.3, 0.4) is 0 Å². The number of likely N-dealkylation sites (tertiary alicyclic amines) is 1. The molecule has 1 aliphatic heterocycles. The Bertz CT molecular complexity index is 438. The van der Waals surface area contributed by atoms with Crippen molar-refractivity contribution in [2.45, 2.75) is 19.8 Å². The number of nitrogens with zero attached hydrogens (tertiary/aromatic N) is 2. The van der Waals surface area contributed by atoms with E-state index in [4.69, 9.17) is 5.11 Å². The van der Waals surface area contributed by atoms with Gasteiger partial charge in [-0.25, -0.2) is 4.98 Å². The second-order valence-electron chi connectivity index (χ2n) is 4.30. The molecule has 0 aromatic carbocycles. The van der Waals surface area contributed by atoms with Gasteiger partial charge in [-0.3, -0.25) is 9.59 Å². The molecule has 1 aromatic heterocycles. The number of carboxylic acid groups (broad SMARTS) is 1. The molecule has 5 nitrogen and oxygen atoms in total. The van der Waals surface area contributed by atoms with Crippen LogP contribution in [0.25, 0.3) is 0 Å². The molecule has 1 fully saturated rings. The Morgan fingerprint density at radius 3 is 2.82 bits per heavy atom. The van der Waals surface area contributed by atoms with Gasteiger partial charge >= 0.3 is 5.97 Å². The lowest BCUT2D eigenvalue weighted by Crippen LogP contribution is -2.51. The molecule has 1 saturated heterocycles. The summed E-state index contributed by atoms with van der Waals surface area (Å²) < 4.78 is 0. The Labute approximate surface area is 103 Å². The van der Waals surface area contributed by atoms with Crippen molar-refractivity contribution in [1.29, 1.82) is 0 Å². The first-order chi connectivity index (χ1) is 8.04. The maximum Gasteiger partial charge on any atom is 0.303 e. The monoisotopic (exact) mass is 254 g/mol. The van der Waals surface area contributed by atoms with Gasteiger partial charge in [-0.05, 0) is 6.92 Å². The molecule has 0 unspecified atom stereocenters. The number of aromatic nitrogens is 1. The fourth-order valence-corrected chi connectivity index (χ4v) is 2.52. The summed E-state index contributed by atoms with van der Waals surface area (Å²) in [6.45, 7) is 3.04. The van der Waals surface area contributed by atoms with Crippen molar-refractivity contribution in [3.8, 4) is 0 Å². The molecule has 0 spiro atoms. The SMILES string of the molecule is Cc1nc(CC(=O)N2CC(CC(=O)O)C2)cs1. The highest BCUT2D eigenvalue weighted by atomic mass is 32.1. The zero-order valence-electron chi connectivity index (χ0n) is 9.55. The number of carbonyl (C=O) groups is 2. The number of aryl methyl sites for hydroxylation is 1. The van der Waals surface area contributed by atoms with E-state index in [1.807, 2.05) is 12.3 Å². The number of hydrogen-bond donors (Lipinski definition) is 1. The first-order valence-corrected chi connectivity index (χ1v) is 6.33. The first-order valence-electron chi connectivity index (χ1n) is 5.45. The molecule has 17 heavy (non-hydrogen) atoms. The van der Waals surface area contributed by atoms with Gasteiger partial charge in [0.25, 0.3) is 0 Å². The summed E-state index contributed by atoms with van der Waals surface area (Å²) in [6, 6.07) is 0. The van der Waals surface area contributed by atoms with Gasteiger partial charge in [0, 0.05) is 24.4 Å². The van der Waals surface area contributed by atoms with E-state index in [9.17, 15) is 9.59 Å². The molecule has 1 N–H and O–H groups in total. The van der Waals surface area contributed by atoms with Gasteiger partial charge in [-0.1, -0.05) is 0 Å². The van der Waals surface area contributed by atoms with Crippen LogP contribution < -0.4 is 0 Å². The number of amides is 1. The van der Waals surface area contributed by atoms with E-state index in [0.29, 0.717) is 19.5 Å². The number of carbonyl (C=O) groups excluding carboxylic acids is 1. The number of thiazole rings is 1. The summed E-state index contributed by atoms with van der Waals surface area (Å²) >= 11 is 1.53. The molecule has 1 aromatic rings. The second kappa shape index (κ2) is 4.83. The molecule has 0 atom stereocenters. The highest BCUT2D eigenvalue weighted by Crippen LogP contribution is 2.20. The van der Waals surface area contributed by atoms with E-state index in [-0.39, 0.29) is 18.2 Å². The molecule has 6 heteroatoms. The van der Waals surface area contributed by atoms with E-state index < -0.39 is 5.97 Å².